The molecule has 24 heavy (non-hydrogen) atoms. The minimum absolute atomic E-state index is 0.561. The lowest BCUT2D eigenvalue weighted by atomic mass is 9.96. The molecule has 2 aromatic heterocycles. The summed E-state index contributed by atoms with van der Waals surface area (Å²) in [7, 11) is 0. The van der Waals surface area contributed by atoms with Gasteiger partial charge in [0.15, 0.2) is 5.65 Å². The quantitative estimate of drug-likeness (QED) is 0.758. The average molecular weight is 344 g/mol. The molecule has 0 bridgehead atoms. The van der Waals surface area contributed by atoms with Gasteiger partial charge in [-0.05, 0) is 56.5 Å². The van der Waals surface area contributed by atoms with Crippen LogP contribution in [0.4, 0.5) is 5.82 Å². The minimum Gasteiger partial charge on any atom is -0.369 e. The van der Waals surface area contributed by atoms with Gasteiger partial charge in [0.25, 0.3) is 0 Å². The summed E-state index contributed by atoms with van der Waals surface area (Å²) in [6.45, 7) is 9.39. The zero-order valence-electron chi connectivity index (χ0n) is 14.4. The van der Waals surface area contributed by atoms with Crippen LogP contribution in [0.15, 0.2) is 18.2 Å². The number of nitrogens with one attached hydrogen (secondary N) is 1. The summed E-state index contributed by atoms with van der Waals surface area (Å²) in [6, 6.07) is 5.95. The standard InChI is InChI=1S/C18H22ClN5/c1-10-7-14(19)8-11(2)16(10)17-13(4)23-24-15(21-6-5-20)9-12(3)22-18(17)24/h7-9,21H,5-6,20H2,1-4H3. The Morgan fingerprint density at radius 2 is 1.75 bits per heavy atom. The normalized spacial score (nSPS) is 11.2. The van der Waals surface area contributed by atoms with E-state index in [1.54, 1.807) is 0 Å². The molecule has 0 aliphatic carbocycles. The van der Waals surface area contributed by atoms with Crippen LogP contribution in [-0.4, -0.2) is 27.7 Å². The number of anilines is 1. The lowest BCUT2D eigenvalue weighted by Gasteiger charge is -2.12. The first-order valence-electron chi connectivity index (χ1n) is 8.00. The van der Waals surface area contributed by atoms with Crippen molar-refractivity contribution in [2.24, 2.45) is 5.73 Å². The van der Waals surface area contributed by atoms with Gasteiger partial charge in [-0.15, -0.1) is 0 Å². The van der Waals surface area contributed by atoms with E-state index in [1.807, 2.05) is 36.6 Å². The first kappa shape index (κ1) is 16.7. The predicted octanol–water partition coefficient (Wildman–Crippen LogP) is 3.65. The molecule has 126 valence electrons. The van der Waals surface area contributed by atoms with Gasteiger partial charge in [-0.2, -0.15) is 9.61 Å². The van der Waals surface area contributed by atoms with Gasteiger partial charge in [-0.3, -0.25) is 0 Å². The first-order valence-corrected chi connectivity index (χ1v) is 8.38. The summed E-state index contributed by atoms with van der Waals surface area (Å²) in [5.74, 6) is 0.904. The molecule has 0 saturated carbocycles. The van der Waals surface area contributed by atoms with Crippen LogP contribution in [0, 0.1) is 27.7 Å². The van der Waals surface area contributed by atoms with Gasteiger partial charge in [-0.25, -0.2) is 4.98 Å². The van der Waals surface area contributed by atoms with Gasteiger partial charge >= 0.3 is 0 Å². The van der Waals surface area contributed by atoms with E-state index in [2.05, 4.69) is 19.2 Å². The number of halogens is 1. The van der Waals surface area contributed by atoms with Crippen molar-refractivity contribution in [2.45, 2.75) is 27.7 Å². The van der Waals surface area contributed by atoms with Gasteiger partial charge in [-0.1, -0.05) is 11.6 Å². The first-order chi connectivity index (χ1) is 11.4. The Bertz CT molecular complexity index is 890. The largest absolute Gasteiger partial charge is 0.369 e. The summed E-state index contributed by atoms with van der Waals surface area (Å²) in [5, 5.41) is 8.78. The van der Waals surface area contributed by atoms with Crippen molar-refractivity contribution in [3.8, 4) is 11.1 Å². The number of aryl methyl sites for hydroxylation is 4. The van der Waals surface area contributed by atoms with E-state index in [4.69, 9.17) is 27.4 Å². The third kappa shape index (κ3) is 2.85. The van der Waals surface area contributed by atoms with Gasteiger partial charge in [0.2, 0.25) is 0 Å². The summed E-state index contributed by atoms with van der Waals surface area (Å²) in [4.78, 5) is 4.74. The second-order valence-electron chi connectivity index (χ2n) is 6.11. The van der Waals surface area contributed by atoms with E-state index in [0.29, 0.717) is 13.1 Å². The topological polar surface area (TPSA) is 68.2 Å². The molecule has 0 fully saturated rings. The van der Waals surface area contributed by atoms with Crippen LogP contribution in [0.2, 0.25) is 5.02 Å². The van der Waals surface area contributed by atoms with Crippen molar-refractivity contribution < 1.29 is 0 Å². The molecule has 3 aromatic rings. The number of hydrogen-bond donors (Lipinski definition) is 2. The monoisotopic (exact) mass is 343 g/mol. The molecule has 3 rings (SSSR count). The third-order valence-electron chi connectivity index (χ3n) is 4.09. The van der Waals surface area contributed by atoms with Gasteiger partial charge in [0, 0.05) is 29.9 Å². The fourth-order valence-electron chi connectivity index (χ4n) is 3.17. The lowest BCUT2D eigenvalue weighted by Crippen LogP contribution is -2.15. The SMILES string of the molecule is Cc1cc(NCCN)n2nc(C)c(-c3c(C)cc(Cl)cc3C)c2n1. The van der Waals surface area contributed by atoms with Crippen LogP contribution >= 0.6 is 11.6 Å². The van der Waals surface area contributed by atoms with E-state index in [1.165, 1.54) is 0 Å². The van der Waals surface area contributed by atoms with Gasteiger partial charge in [0.1, 0.15) is 5.82 Å². The maximum Gasteiger partial charge on any atom is 0.165 e. The van der Waals surface area contributed by atoms with Crippen LogP contribution < -0.4 is 11.1 Å². The Kier molecular flexibility index (Phi) is 4.47. The summed E-state index contributed by atoms with van der Waals surface area (Å²) < 4.78 is 1.86. The van der Waals surface area contributed by atoms with Crippen LogP contribution in [-0.2, 0) is 0 Å². The number of fused-ring (bicyclic) bond motifs is 1. The third-order valence-corrected chi connectivity index (χ3v) is 4.31. The van der Waals surface area contributed by atoms with Gasteiger partial charge < -0.3 is 11.1 Å². The molecular weight excluding hydrogens is 322 g/mol. The number of rotatable bonds is 4. The van der Waals surface area contributed by atoms with Crippen molar-refractivity contribution in [2.75, 3.05) is 18.4 Å². The molecule has 0 spiro atoms. The van der Waals surface area contributed by atoms with Crippen LogP contribution in [0.3, 0.4) is 0 Å². The number of benzene rings is 1. The minimum atomic E-state index is 0.561. The highest BCUT2D eigenvalue weighted by atomic mass is 35.5. The van der Waals surface area contributed by atoms with E-state index in [0.717, 1.165) is 50.1 Å². The fraction of sp³-hybridized carbons (Fsp3) is 0.333. The molecule has 0 saturated heterocycles. The lowest BCUT2D eigenvalue weighted by molar-refractivity contribution is 0.894. The number of hydrogen-bond acceptors (Lipinski definition) is 4. The number of nitrogens with two attached hydrogens (primary N) is 1. The van der Waals surface area contributed by atoms with Crippen molar-refractivity contribution >= 4 is 23.1 Å². The maximum absolute atomic E-state index is 6.19. The highest BCUT2D eigenvalue weighted by Crippen LogP contribution is 2.35. The van der Waals surface area contributed by atoms with Crippen molar-refractivity contribution in [1.82, 2.24) is 14.6 Å². The summed E-state index contributed by atoms with van der Waals surface area (Å²) in [5.41, 5.74) is 12.8. The Balaban J connectivity index is 2.30. The molecule has 2 heterocycles. The fourth-order valence-corrected chi connectivity index (χ4v) is 3.50. The summed E-state index contributed by atoms with van der Waals surface area (Å²) in [6.07, 6.45) is 0. The Hall–Kier alpha value is -2.11. The smallest absolute Gasteiger partial charge is 0.165 e. The van der Waals surface area contributed by atoms with Crippen LogP contribution in [0.25, 0.3) is 16.8 Å². The Morgan fingerprint density at radius 1 is 1.08 bits per heavy atom. The number of aromatic nitrogens is 3. The Labute approximate surface area is 146 Å². The van der Waals surface area contributed by atoms with E-state index >= 15 is 0 Å². The molecule has 0 amide bonds. The van der Waals surface area contributed by atoms with E-state index in [-0.39, 0.29) is 0 Å². The molecule has 0 atom stereocenters. The number of nitrogens with zero attached hydrogens (tertiary/aromatic N) is 3. The molecule has 0 aliphatic heterocycles. The highest BCUT2D eigenvalue weighted by molar-refractivity contribution is 6.30. The van der Waals surface area contributed by atoms with Gasteiger partial charge in [0.05, 0.1) is 11.3 Å². The highest BCUT2D eigenvalue weighted by Gasteiger charge is 2.19. The van der Waals surface area contributed by atoms with Crippen molar-refractivity contribution in [3.05, 3.63) is 45.7 Å². The molecule has 5 nitrogen and oxygen atoms in total. The molecule has 0 radical (unpaired) electrons. The van der Waals surface area contributed by atoms with E-state index in [9.17, 15) is 0 Å². The van der Waals surface area contributed by atoms with Crippen molar-refractivity contribution in [3.63, 3.8) is 0 Å². The zero-order valence-corrected chi connectivity index (χ0v) is 15.2. The van der Waals surface area contributed by atoms with E-state index < -0.39 is 0 Å². The molecule has 1 aromatic carbocycles. The van der Waals surface area contributed by atoms with Crippen LogP contribution in [0.5, 0.6) is 0 Å². The molecular formula is C18H22ClN5. The molecule has 3 N–H and O–H groups in total. The second-order valence-corrected chi connectivity index (χ2v) is 6.55. The summed E-state index contributed by atoms with van der Waals surface area (Å²) >= 11 is 6.19. The average Bonchev–Trinajstić information content (AvgIpc) is 2.81. The second kappa shape index (κ2) is 6.42. The zero-order chi connectivity index (χ0) is 17.4. The molecule has 0 aliphatic rings. The predicted molar refractivity (Wildman–Crippen MR) is 99.9 cm³/mol. The molecule has 0 unspecified atom stereocenters. The van der Waals surface area contributed by atoms with Crippen LogP contribution in [0.1, 0.15) is 22.5 Å². The molecule has 6 heteroatoms. The maximum atomic E-state index is 6.19. The van der Waals surface area contributed by atoms with Crippen molar-refractivity contribution in [1.29, 1.82) is 0 Å². The Morgan fingerprint density at radius 3 is 2.38 bits per heavy atom.